The zero-order valence-corrected chi connectivity index (χ0v) is 12.9. The van der Waals surface area contributed by atoms with E-state index in [1.165, 1.54) is 0 Å². The van der Waals surface area contributed by atoms with E-state index < -0.39 is 6.10 Å². The Labute approximate surface area is 118 Å². The van der Waals surface area contributed by atoms with E-state index in [2.05, 4.69) is 22.1 Å². The molecule has 2 heterocycles. The first-order chi connectivity index (χ1) is 8.88. The molecule has 19 heavy (non-hydrogen) atoms. The third-order valence-corrected chi connectivity index (χ3v) is 4.57. The van der Waals surface area contributed by atoms with Gasteiger partial charge in [0, 0.05) is 18.1 Å². The highest BCUT2D eigenvalue weighted by Crippen LogP contribution is 2.27. The molecule has 0 bridgehead atoms. The van der Waals surface area contributed by atoms with E-state index >= 15 is 0 Å². The Hall–Kier alpha value is -0.590. The highest BCUT2D eigenvalue weighted by molar-refractivity contribution is 7.99. The zero-order chi connectivity index (χ0) is 14.0. The van der Waals surface area contributed by atoms with Gasteiger partial charge in [-0.15, -0.1) is 0 Å². The van der Waals surface area contributed by atoms with Crippen LogP contribution in [-0.4, -0.2) is 51.3 Å². The van der Waals surface area contributed by atoms with Crippen molar-refractivity contribution in [3.63, 3.8) is 0 Å². The third-order valence-electron chi connectivity index (χ3n) is 3.55. The summed E-state index contributed by atoms with van der Waals surface area (Å²) in [6.07, 6.45) is -0.0562. The Kier molecular flexibility index (Phi) is 4.53. The Bertz CT molecular complexity index is 416. The molecule has 5 nitrogen and oxygen atoms in total. The minimum absolute atomic E-state index is 0.174. The SMILES string of the molecule is CN1CCSCC1c1noc(CC(O)C(C)(C)C)n1. The van der Waals surface area contributed by atoms with Crippen LogP contribution in [0.25, 0.3) is 0 Å². The van der Waals surface area contributed by atoms with Crippen molar-refractivity contribution in [3.05, 3.63) is 11.7 Å². The standard InChI is InChI=1S/C13H23N3O2S/c1-13(2,3)10(17)7-11-14-12(15-18-11)9-8-19-6-5-16(9)4/h9-10,17H,5-8H2,1-4H3. The Morgan fingerprint density at radius 1 is 1.53 bits per heavy atom. The van der Waals surface area contributed by atoms with Crippen LogP contribution in [-0.2, 0) is 6.42 Å². The van der Waals surface area contributed by atoms with Crippen LogP contribution in [0.5, 0.6) is 0 Å². The fourth-order valence-corrected chi connectivity index (χ4v) is 3.13. The van der Waals surface area contributed by atoms with Crippen LogP contribution in [0.2, 0.25) is 0 Å². The van der Waals surface area contributed by atoms with Gasteiger partial charge in [0.25, 0.3) is 0 Å². The van der Waals surface area contributed by atoms with Crippen molar-refractivity contribution in [2.24, 2.45) is 5.41 Å². The Morgan fingerprint density at radius 3 is 2.89 bits per heavy atom. The molecule has 1 aliphatic heterocycles. The molecule has 1 aromatic rings. The fourth-order valence-electron chi connectivity index (χ4n) is 1.92. The van der Waals surface area contributed by atoms with Gasteiger partial charge in [0.05, 0.1) is 18.6 Å². The molecule has 0 amide bonds. The van der Waals surface area contributed by atoms with E-state index in [-0.39, 0.29) is 11.5 Å². The zero-order valence-electron chi connectivity index (χ0n) is 12.1. The Morgan fingerprint density at radius 2 is 2.26 bits per heavy atom. The average molecular weight is 285 g/mol. The number of aliphatic hydroxyl groups is 1. The molecule has 0 aliphatic carbocycles. The second kappa shape index (κ2) is 5.81. The van der Waals surface area contributed by atoms with E-state index in [4.69, 9.17) is 4.52 Å². The van der Waals surface area contributed by atoms with Crippen LogP contribution >= 0.6 is 11.8 Å². The minimum atomic E-state index is -0.473. The number of rotatable bonds is 3. The van der Waals surface area contributed by atoms with Crippen molar-refractivity contribution in [1.29, 1.82) is 0 Å². The molecule has 0 radical (unpaired) electrons. The van der Waals surface area contributed by atoms with Crippen molar-refractivity contribution in [3.8, 4) is 0 Å². The number of hydrogen-bond donors (Lipinski definition) is 1. The van der Waals surface area contributed by atoms with E-state index in [0.717, 1.165) is 23.9 Å². The van der Waals surface area contributed by atoms with Gasteiger partial charge in [-0.25, -0.2) is 0 Å². The van der Waals surface area contributed by atoms with E-state index in [9.17, 15) is 5.11 Å². The number of nitrogens with zero attached hydrogens (tertiary/aromatic N) is 3. The summed E-state index contributed by atoms with van der Waals surface area (Å²) in [5, 5.41) is 14.1. The van der Waals surface area contributed by atoms with Crippen LogP contribution in [0.15, 0.2) is 4.52 Å². The largest absolute Gasteiger partial charge is 0.392 e. The Balaban J connectivity index is 2.02. The molecule has 1 aliphatic rings. The fraction of sp³-hybridized carbons (Fsp3) is 0.846. The summed E-state index contributed by atoms with van der Waals surface area (Å²) in [7, 11) is 2.09. The second-order valence-electron chi connectivity index (χ2n) is 6.20. The summed E-state index contributed by atoms with van der Waals surface area (Å²) in [5.41, 5.74) is -0.174. The molecule has 0 spiro atoms. The lowest BCUT2D eigenvalue weighted by Gasteiger charge is -2.29. The van der Waals surface area contributed by atoms with Crippen LogP contribution in [0.4, 0.5) is 0 Å². The number of thioether (sulfide) groups is 1. The summed E-state index contributed by atoms with van der Waals surface area (Å²) < 4.78 is 5.27. The van der Waals surface area contributed by atoms with Crippen molar-refractivity contribution >= 4 is 11.8 Å². The van der Waals surface area contributed by atoms with Crippen molar-refractivity contribution in [1.82, 2.24) is 15.0 Å². The van der Waals surface area contributed by atoms with Crippen molar-refractivity contribution < 1.29 is 9.63 Å². The predicted octanol–water partition coefficient (Wildman–Crippen LogP) is 1.74. The quantitative estimate of drug-likeness (QED) is 0.912. The first-order valence-corrected chi connectivity index (χ1v) is 7.82. The topological polar surface area (TPSA) is 62.4 Å². The van der Waals surface area contributed by atoms with E-state index in [1.807, 2.05) is 32.5 Å². The molecule has 6 heteroatoms. The first-order valence-electron chi connectivity index (χ1n) is 6.66. The molecule has 2 unspecified atom stereocenters. The van der Waals surface area contributed by atoms with Gasteiger partial charge in [-0.1, -0.05) is 25.9 Å². The van der Waals surface area contributed by atoms with Gasteiger partial charge in [0.1, 0.15) is 0 Å². The van der Waals surface area contributed by atoms with Crippen LogP contribution in [0.3, 0.4) is 0 Å². The predicted molar refractivity (Wildman–Crippen MR) is 76.2 cm³/mol. The molecule has 1 saturated heterocycles. The number of hydrogen-bond acceptors (Lipinski definition) is 6. The molecule has 1 N–H and O–H groups in total. The highest BCUT2D eigenvalue weighted by Gasteiger charge is 2.28. The maximum Gasteiger partial charge on any atom is 0.229 e. The average Bonchev–Trinajstić information content (AvgIpc) is 2.76. The van der Waals surface area contributed by atoms with Gasteiger partial charge in [-0.05, 0) is 12.5 Å². The van der Waals surface area contributed by atoms with E-state index in [1.54, 1.807) is 0 Å². The maximum absolute atomic E-state index is 10.1. The van der Waals surface area contributed by atoms with Gasteiger partial charge < -0.3 is 9.63 Å². The molecule has 1 fully saturated rings. The lowest BCUT2D eigenvalue weighted by atomic mass is 9.87. The van der Waals surface area contributed by atoms with Gasteiger partial charge in [0.15, 0.2) is 5.82 Å². The van der Waals surface area contributed by atoms with E-state index in [0.29, 0.717) is 12.3 Å². The monoisotopic (exact) mass is 285 g/mol. The highest BCUT2D eigenvalue weighted by atomic mass is 32.2. The molecule has 2 atom stereocenters. The molecule has 108 valence electrons. The third kappa shape index (κ3) is 3.70. The summed E-state index contributed by atoms with van der Waals surface area (Å²) in [6, 6.07) is 0.225. The normalized spacial score (nSPS) is 23.5. The van der Waals surface area contributed by atoms with Gasteiger partial charge >= 0.3 is 0 Å². The summed E-state index contributed by atoms with van der Waals surface area (Å²) in [4.78, 5) is 6.70. The second-order valence-corrected chi connectivity index (χ2v) is 7.35. The number of aromatic nitrogens is 2. The van der Waals surface area contributed by atoms with Gasteiger partial charge in [-0.3, -0.25) is 4.90 Å². The molecule has 0 aromatic carbocycles. The minimum Gasteiger partial charge on any atom is -0.392 e. The molecule has 0 saturated carbocycles. The lowest BCUT2D eigenvalue weighted by molar-refractivity contribution is 0.0565. The number of aliphatic hydroxyl groups excluding tert-OH is 1. The van der Waals surface area contributed by atoms with Crippen LogP contribution < -0.4 is 0 Å². The molecule has 2 rings (SSSR count). The van der Waals surface area contributed by atoms with Crippen LogP contribution in [0.1, 0.15) is 38.5 Å². The summed E-state index contributed by atoms with van der Waals surface area (Å²) in [5.74, 6) is 3.42. The lowest BCUT2D eigenvalue weighted by Crippen LogP contribution is -2.33. The molecule has 1 aromatic heterocycles. The van der Waals surface area contributed by atoms with Gasteiger partial charge in [-0.2, -0.15) is 16.7 Å². The van der Waals surface area contributed by atoms with Crippen molar-refractivity contribution in [2.75, 3.05) is 25.1 Å². The van der Waals surface area contributed by atoms with Crippen molar-refractivity contribution in [2.45, 2.75) is 39.3 Å². The maximum atomic E-state index is 10.1. The summed E-state index contributed by atoms with van der Waals surface area (Å²) in [6.45, 7) is 7.05. The summed E-state index contributed by atoms with van der Waals surface area (Å²) >= 11 is 1.92. The smallest absolute Gasteiger partial charge is 0.229 e. The molecular weight excluding hydrogens is 262 g/mol. The van der Waals surface area contributed by atoms with Gasteiger partial charge in [0.2, 0.25) is 5.89 Å². The van der Waals surface area contributed by atoms with Crippen LogP contribution in [0, 0.1) is 5.41 Å². The molecular formula is C13H23N3O2S. The first kappa shape index (κ1) is 14.8.